The van der Waals surface area contributed by atoms with Gasteiger partial charge in [0.2, 0.25) is 0 Å². The van der Waals surface area contributed by atoms with E-state index in [0.29, 0.717) is 12.6 Å². The standard InChI is InChI=1S/C14H20BrNO2/c1-10-9-18-13(8-17)7-16(10)6-12-4-3-5-14(15)11(12)2/h3-5,10,13,17H,6-9H2,1-2H3. The monoisotopic (exact) mass is 313 g/mol. The highest BCUT2D eigenvalue weighted by Crippen LogP contribution is 2.22. The lowest BCUT2D eigenvalue weighted by Crippen LogP contribution is -2.48. The van der Waals surface area contributed by atoms with Crippen LogP contribution >= 0.6 is 15.9 Å². The van der Waals surface area contributed by atoms with Gasteiger partial charge in [0.1, 0.15) is 0 Å². The maximum Gasteiger partial charge on any atom is 0.0933 e. The van der Waals surface area contributed by atoms with Gasteiger partial charge in [0, 0.05) is 23.6 Å². The molecular weight excluding hydrogens is 294 g/mol. The van der Waals surface area contributed by atoms with Gasteiger partial charge in [-0.3, -0.25) is 4.90 Å². The van der Waals surface area contributed by atoms with Gasteiger partial charge in [-0.2, -0.15) is 0 Å². The predicted molar refractivity (Wildman–Crippen MR) is 75.6 cm³/mol. The summed E-state index contributed by atoms with van der Waals surface area (Å²) in [6, 6.07) is 6.70. The molecule has 2 atom stereocenters. The number of hydrogen-bond acceptors (Lipinski definition) is 3. The van der Waals surface area contributed by atoms with Crippen LogP contribution in [-0.2, 0) is 11.3 Å². The Kier molecular flexibility index (Phi) is 4.78. The van der Waals surface area contributed by atoms with Gasteiger partial charge in [0.25, 0.3) is 0 Å². The van der Waals surface area contributed by atoms with Crippen molar-refractivity contribution in [2.45, 2.75) is 32.5 Å². The van der Waals surface area contributed by atoms with Crippen LogP contribution in [0, 0.1) is 6.92 Å². The molecule has 2 rings (SSSR count). The molecule has 0 amide bonds. The summed E-state index contributed by atoms with van der Waals surface area (Å²) in [7, 11) is 0. The van der Waals surface area contributed by atoms with Crippen LogP contribution in [0.2, 0.25) is 0 Å². The average molecular weight is 314 g/mol. The number of morpholine rings is 1. The highest BCUT2D eigenvalue weighted by Gasteiger charge is 2.25. The van der Waals surface area contributed by atoms with Gasteiger partial charge < -0.3 is 9.84 Å². The van der Waals surface area contributed by atoms with Crippen molar-refractivity contribution >= 4 is 15.9 Å². The average Bonchev–Trinajstić information content (AvgIpc) is 2.37. The van der Waals surface area contributed by atoms with Crippen LogP contribution in [-0.4, -0.2) is 41.9 Å². The van der Waals surface area contributed by atoms with E-state index in [2.05, 4.69) is 52.9 Å². The SMILES string of the molecule is Cc1c(Br)cccc1CN1CC(CO)OCC1C. The van der Waals surface area contributed by atoms with E-state index >= 15 is 0 Å². The Bertz CT molecular complexity index is 411. The molecule has 1 aliphatic rings. The van der Waals surface area contributed by atoms with Gasteiger partial charge in [-0.25, -0.2) is 0 Å². The van der Waals surface area contributed by atoms with Crippen LogP contribution in [0.3, 0.4) is 0 Å². The van der Waals surface area contributed by atoms with Crippen LogP contribution in [0.4, 0.5) is 0 Å². The first-order valence-electron chi connectivity index (χ1n) is 6.32. The first-order chi connectivity index (χ1) is 8.61. The Morgan fingerprint density at radius 1 is 1.50 bits per heavy atom. The summed E-state index contributed by atoms with van der Waals surface area (Å²) < 4.78 is 6.71. The molecular formula is C14H20BrNO2. The molecule has 1 aromatic rings. The zero-order valence-electron chi connectivity index (χ0n) is 10.9. The lowest BCUT2D eigenvalue weighted by atomic mass is 10.1. The number of benzene rings is 1. The van der Waals surface area contributed by atoms with Crippen LogP contribution in [0.15, 0.2) is 22.7 Å². The molecule has 100 valence electrons. The number of ether oxygens (including phenoxy) is 1. The van der Waals surface area contributed by atoms with Gasteiger partial charge in [0.15, 0.2) is 0 Å². The van der Waals surface area contributed by atoms with Crippen LogP contribution in [0.5, 0.6) is 0 Å². The Hall–Kier alpha value is -0.420. The summed E-state index contributed by atoms with van der Waals surface area (Å²) in [4.78, 5) is 2.37. The van der Waals surface area contributed by atoms with E-state index in [1.807, 2.05) is 0 Å². The van der Waals surface area contributed by atoms with Crippen LogP contribution in [0.25, 0.3) is 0 Å². The van der Waals surface area contributed by atoms with Gasteiger partial charge >= 0.3 is 0 Å². The molecule has 0 aromatic heterocycles. The number of aliphatic hydroxyl groups is 1. The third-order valence-corrected chi connectivity index (χ3v) is 4.45. The highest BCUT2D eigenvalue weighted by atomic mass is 79.9. The maximum atomic E-state index is 9.20. The molecule has 0 bridgehead atoms. The lowest BCUT2D eigenvalue weighted by Gasteiger charge is -2.37. The quantitative estimate of drug-likeness (QED) is 0.929. The molecule has 1 heterocycles. The van der Waals surface area contributed by atoms with E-state index in [-0.39, 0.29) is 12.7 Å². The number of aliphatic hydroxyl groups excluding tert-OH is 1. The fourth-order valence-corrected chi connectivity index (χ4v) is 2.66. The first kappa shape index (κ1) is 14.0. The van der Waals surface area contributed by atoms with E-state index in [9.17, 15) is 5.11 Å². The van der Waals surface area contributed by atoms with Crippen LogP contribution in [0.1, 0.15) is 18.1 Å². The summed E-state index contributed by atoms with van der Waals surface area (Å²) in [5, 5.41) is 9.20. The zero-order chi connectivity index (χ0) is 13.1. The molecule has 0 aliphatic carbocycles. The molecule has 0 radical (unpaired) electrons. The van der Waals surface area contributed by atoms with E-state index in [1.54, 1.807) is 0 Å². The second kappa shape index (κ2) is 6.15. The predicted octanol–water partition coefficient (Wildman–Crippen LogP) is 2.34. The van der Waals surface area contributed by atoms with E-state index in [4.69, 9.17) is 4.74 Å². The smallest absolute Gasteiger partial charge is 0.0933 e. The topological polar surface area (TPSA) is 32.7 Å². The number of hydrogen-bond donors (Lipinski definition) is 1. The summed E-state index contributed by atoms with van der Waals surface area (Å²) in [6.07, 6.45) is -0.0475. The normalized spacial score (nSPS) is 25.3. The first-order valence-corrected chi connectivity index (χ1v) is 7.11. The maximum absolute atomic E-state index is 9.20. The summed E-state index contributed by atoms with van der Waals surface area (Å²) in [6.45, 7) is 6.80. The minimum absolute atomic E-state index is 0.0475. The van der Waals surface area contributed by atoms with Gasteiger partial charge in [0.05, 0.1) is 19.3 Å². The Balaban J connectivity index is 2.09. The van der Waals surface area contributed by atoms with Crippen LogP contribution < -0.4 is 0 Å². The molecule has 4 heteroatoms. The van der Waals surface area contributed by atoms with Crippen molar-refractivity contribution in [2.24, 2.45) is 0 Å². The summed E-state index contributed by atoms with van der Waals surface area (Å²) in [5.41, 5.74) is 2.62. The number of nitrogens with zero attached hydrogens (tertiary/aromatic N) is 1. The molecule has 1 aliphatic heterocycles. The highest BCUT2D eigenvalue weighted by molar-refractivity contribution is 9.10. The largest absolute Gasteiger partial charge is 0.394 e. The van der Waals surface area contributed by atoms with Crippen molar-refractivity contribution in [1.29, 1.82) is 0 Å². The molecule has 1 aromatic carbocycles. The zero-order valence-corrected chi connectivity index (χ0v) is 12.5. The molecule has 18 heavy (non-hydrogen) atoms. The molecule has 0 spiro atoms. The molecule has 1 N–H and O–H groups in total. The molecule has 3 nitrogen and oxygen atoms in total. The van der Waals surface area contributed by atoms with E-state index in [1.165, 1.54) is 11.1 Å². The summed E-state index contributed by atoms with van der Waals surface area (Å²) in [5.74, 6) is 0. The fourth-order valence-electron chi connectivity index (χ4n) is 2.25. The second-order valence-corrected chi connectivity index (χ2v) is 5.79. The molecule has 1 saturated heterocycles. The van der Waals surface area contributed by atoms with Crippen molar-refractivity contribution in [3.05, 3.63) is 33.8 Å². The third kappa shape index (κ3) is 3.12. The lowest BCUT2D eigenvalue weighted by molar-refractivity contribution is -0.0806. The summed E-state index contributed by atoms with van der Waals surface area (Å²) >= 11 is 3.57. The number of halogens is 1. The Morgan fingerprint density at radius 2 is 2.28 bits per heavy atom. The van der Waals surface area contributed by atoms with Crippen molar-refractivity contribution in [1.82, 2.24) is 4.90 Å². The van der Waals surface area contributed by atoms with Gasteiger partial charge in [-0.1, -0.05) is 28.1 Å². The number of rotatable bonds is 3. The second-order valence-electron chi connectivity index (χ2n) is 4.94. The molecule has 2 unspecified atom stereocenters. The minimum Gasteiger partial charge on any atom is -0.394 e. The Labute approximate surface area is 117 Å². The minimum atomic E-state index is -0.0475. The van der Waals surface area contributed by atoms with E-state index in [0.717, 1.165) is 17.6 Å². The molecule has 1 fully saturated rings. The van der Waals surface area contributed by atoms with Crippen molar-refractivity contribution in [2.75, 3.05) is 19.8 Å². The third-order valence-electron chi connectivity index (χ3n) is 3.59. The van der Waals surface area contributed by atoms with Gasteiger partial charge in [-0.05, 0) is 31.0 Å². The van der Waals surface area contributed by atoms with Gasteiger partial charge in [-0.15, -0.1) is 0 Å². The fraction of sp³-hybridized carbons (Fsp3) is 0.571. The van der Waals surface area contributed by atoms with Crippen molar-refractivity contribution < 1.29 is 9.84 Å². The molecule has 0 saturated carbocycles. The van der Waals surface area contributed by atoms with Crippen molar-refractivity contribution in [3.8, 4) is 0 Å². The Morgan fingerprint density at radius 3 is 3.00 bits per heavy atom. The van der Waals surface area contributed by atoms with E-state index < -0.39 is 0 Å². The van der Waals surface area contributed by atoms with Crippen molar-refractivity contribution in [3.63, 3.8) is 0 Å².